The van der Waals surface area contributed by atoms with Gasteiger partial charge in [-0.15, -0.1) is 11.8 Å². The minimum absolute atomic E-state index is 0.273. The normalized spacial score (nSPS) is 11.0. The van der Waals surface area contributed by atoms with Gasteiger partial charge in [0.1, 0.15) is 10.5 Å². The largest absolute Gasteiger partial charge is 0.368 e. The lowest BCUT2D eigenvalue weighted by Gasteiger charge is -2.03. The van der Waals surface area contributed by atoms with E-state index < -0.39 is 0 Å². The molecule has 0 unspecified atom stereocenters. The average molecular weight is 285 g/mol. The van der Waals surface area contributed by atoms with Crippen molar-refractivity contribution >= 4 is 28.9 Å². The Morgan fingerprint density at radius 2 is 2.00 bits per heavy atom. The Labute approximate surface area is 121 Å². The second-order valence-corrected chi connectivity index (χ2v) is 5.51. The maximum atomic E-state index is 5.69. The van der Waals surface area contributed by atoms with E-state index >= 15 is 0 Å². The monoisotopic (exact) mass is 285 g/mol. The van der Waals surface area contributed by atoms with Crippen LogP contribution in [-0.4, -0.2) is 25.7 Å². The lowest BCUT2D eigenvalue weighted by molar-refractivity contribution is 0.931. The van der Waals surface area contributed by atoms with E-state index in [0.29, 0.717) is 5.65 Å². The molecule has 0 aliphatic carbocycles. The molecule has 0 spiro atoms. The number of anilines is 1. The lowest BCUT2D eigenvalue weighted by Crippen LogP contribution is -1.97. The molecule has 3 rings (SSSR count). The van der Waals surface area contributed by atoms with Gasteiger partial charge in [-0.1, -0.05) is 30.3 Å². The van der Waals surface area contributed by atoms with Crippen LogP contribution in [0.5, 0.6) is 0 Å². The Hall–Kier alpha value is -2.08. The number of hydrogen-bond donors (Lipinski definition) is 2. The summed E-state index contributed by atoms with van der Waals surface area (Å²) in [7, 11) is 0. The highest BCUT2D eigenvalue weighted by Crippen LogP contribution is 2.24. The van der Waals surface area contributed by atoms with Crippen molar-refractivity contribution in [2.75, 3.05) is 11.5 Å². The molecule has 0 radical (unpaired) electrons. The summed E-state index contributed by atoms with van der Waals surface area (Å²) in [6.07, 6.45) is 3.78. The molecule has 20 heavy (non-hydrogen) atoms. The summed E-state index contributed by atoms with van der Waals surface area (Å²) in [6.45, 7) is 0. The van der Waals surface area contributed by atoms with Gasteiger partial charge < -0.3 is 10.7 Å². The van der Waals surface area contributed by atoms with Gasteiger partial charge in [-0.3, -0.25) is 0 Å². The van der Waals surface area contributed by atoms with Crippen LogP contribution in [0, 0.1) is 0 Å². The second kappa shape index (κ2) is 5.92. The average Bonchev–Trinajstić information content (AvgIpc) is 2.92. The standard InChI is InChI=1S/C14H15N5S/c15-14-18-12-11(16-9-17-12)13(19-14)20-8-4-7-10-5-2-1-3-6-10/h1-3,5-6,9H,4,7-8H2,(H3,15,16,17,18,19). The smallest absolute Gasteiger partial charge is 0.223 e. The number of aromatic amines is 1. The van der Waals surface area contributed by atoms with Crippen LogP contribution in [-0.2, 0) is 6.42 Å². The highest BCUT2D eigenvalue weighted by molar-refractivity contribution is 7.99. The Balaban J connectivity index is 1.61. The summed E-state index contributed by atoms with van der Waals surface area (Å²) < 4.78 is 0. The molecule has 1 aromatic carbocycles. The van der Waals surface area contributed by atoms with Gasteiger partial charge in [-0.05, 0) is 24.2 Å². The zero-order chi connectivity index (χ0) is 13.8. The summed E-state index contributed by atoms with van der Waals surface area (Å²) in [4.78, 5) is 15.5. The summed E-state index contributed by atoms with van der Waals surface area (Å²) >= 11 is 1.69. The molecule has 2 aromatic heterocycles. The molecule has 102 valence electrons. The second-order valence-electron chi connectivity index (χ2n) is 4.43. The van der Waals surface area contributed by atoms with E-state index in [1.807, 2.05) is 6.07 Å². The number of benzene rings is 1. The van der Waals surface area contributed by atoms with Crippen LogP contribution in [0.4, 0.5) is 5.95 Å². The van der Waals surface area contributed by atoms with Crippen LogP contribution < -0.4 is 5.73 Å². The molecule has 0 atom stereocenters. The lowest BCUT2D eigenvalue weighted by atomic mass is 10.1. The summed E-state index contributed by atoms with van der Waals surface area (Å²) in [5.41, 5.74) is 8.55. The van der Waals surface area contributed by atoms with E-state index in [4.69, 9.17) is 5.73 Å². The highest BCUT2D eigenvalue weighted by atomic mass is 32.2. The van der Waals surface area contributed by atoms with Gasteiger partial charge >= 0.3 is 0 Å². The number of fused-ring (bicyclic) bond motifs is 1. The zero-order valence-corrected chi connectivity index (χ0v) is 11.7. The molecule has 0 saturated carbocycles. The maximum Gasteiger partial charge on any atom is 0.223 e. The van der Waals surface area contributed by atoms with E-state index in [9.17, 15) is 0 Å². The first-order valence-corrected chi connectivity index (χ1v) is 7.45. The molecule has 6 heteroatoms. The number of nitrogens with two attached hydrogens (primary N) is 1. The van der Waals surface area contributed by atoms with Crippen molar-refractivity contribution in [3.05, 3.63) is 42.2 Å². The predicted octanol–water partition coefficient (Wildman–Crippen LogP) is 2.66. The van der Waals surface area contributed by atoms with Gasteiger partial charge in [-0.2, -0.15) is 4.98 Å². The number of aryl methyl sites for hydroxylation is 1. The first-order valence-electron chi connectivity index (χ1n) is 6.46. The van der Waals surface area contributed by atoms with Gasteiger partial charge in [0.15, 0.2) is 5.65 Å². The predicted molar refractivity (Wildman–Crippen MR) is 81.6 cm³/mol. The van der Waals surface area contributed by atoms with Crippen LogP contribution >= 0.6 is 11.8 Å². The third kappa shape index (κ3) is 2.91. The number of imidazole rings is 1. The molecular formula is C14H15N5S. The van der Waals surface area contributed by atoms with Gasteiger partial charge in [-0.25, -0.2) is 9.97 Å². The van der Waals surface area contributed by atoms with E-state index in [1.165, 1.54) is 5.56 Å². The minimum atomic E-state index is 0.273. The fourth-order valence-corrected chi connectivity index (χ4v) is 2.95. The van der Waals surface area contributed by atoms with Crippen molar-refractivity contribution in [1.82, 2.24) is 19.9 Å². The Kier molecular flexibility index (Phi) is 3.83. The van der Waals surface area contributed by atoms with Crippen molar-refractivity contribution in [2.24, 2.45) is 0 Å². The number of aromatic nitrogens is 4. The number of nitrogen functional groups attached to an aromatic ring is 1. The van der Waals surface area contributed by atoms with Crippen LogP contribution in [0.25, 0.3) is 11.2 Å². The molecule has 2 heterocycles. The van der Waals surface area contributed by atoms with E-state index in [0.717, 1.165) is 29.1 Å². The summed E-state index contributed by atoms with van der Waals surface area (Å²) in [6, 6.07) is 10.5. The van der Waals surface area contributed by atoms with Crippen molar-refractivity contribution in [3.8, 4) is 0 Å². The number of nitrogens with zero attached hydrogens (tertiary/aromatic N) is 3. The van der Waals surface area contributed by atoms with Gasteiger partial charge in [0, 0.05) is 0 Å². The summed E-state index contributed by atoms with van der Waals surface area (Å²) in [5.74, 6) is 1.26. The maximum absolute atomic E-state index is 5.69. The Morgan fingerprint density at radius 1 is 1.15 bits per heavy atom. The molecule has 0 saturated heterocycles. The number of hydrogen-bond acceptors (Lipinski definition) is 5. The molecule has 0 aliphatic heterocycles. The molecule has 3 N–H and O–H groups in total. The third-order valence-corrected chi connectivity index (χ3v) is 4.02. The topological polar surface area (TPSA) is 80.5 Å². The van der Waals surface area contributed by atoms with Gasteiger partial charge in [0.05, 0.1) is 6.33 Å². The molecule has 0 amide bonds. The van der Waals surface area contributed by atoms with Crippen LogP contribution in [0.2, 0.25) is 0 Å². The van der Waals surface area contributed by atoms with Gasteiger partial charge in [0.25, 0.3) is 0 Å². The van der Waals surface area contributed by atoms with Crippen LogP contribution in [0.15, 0.2) is 41.7 Å². The van der Waals surface area contributed by atoms with Crippen molar-refractivity contribution < 1.29 is 0 Å². The molecular weight excluding hydrogens is 270 g/mol. The van der Waals surface area contributed by atoms with Crippen molar-refractivity contribution in [3.63, 3.8) is 0 Å². The molecule has 0 fully saturated rings. The fraction of sp³-hybridized carbons (Fsp3) is 0.214. The Morgan fingerprint density at radius 3 is 2.85 bits per heavy atom. The zero-order valence-electron chi connectivity index (χ0n) is 10.9. The van der Waals surface area contributed by atoms with Gasteiger partial charge in [0.2, 0.25) is 5.95 Å². The van der Waals surface area contributed by atoms with Crippen LogP contribution in [0.3, 0.4) is 0 Å². The Bertz CT molecular complexity index is 695. The first kappa shape index (κ1) is 12.9. The number of rotatable bonds is 5. The van der Waals surface area contributed by atoms with E-state index in [2.05, 4.69) is 44.2 Å². The molecule has 0 bridgehead atoms. The quantitative estimate of drug-likeness (QED) is 0.428. The highest BCUT2D eigenvalue weighted by Gasteiger charge is 2.08. The number of thioether (sulfide) groups is 1. The first-order chi connectivity index (χ1) is 9.83. The molecule has 0 aliphatic rings. The number of nitrogens with one attached hydrogen (secondary N) is 1. The third-order valence-electron chi connectivity index (χ3n) is 2.96. The summed E-state index contributed by atoms with van der Waals surface area (Å²) in [5, 5.41) is 0.873. The van der Waals surface area contributed by atoms with Crippen molar-refractivity contribution in [1.29, 1.82) is 0 Å². The SMILES string of the molecule is Nc1nc(SCCCc2ccccc2)c2[nH]cnc2n1. The number of H-pyrrole nitrogens is 1. The van der Waals surface area contributed by atoms with E-state index in [1.54, 1.807) is 18.1 Å². The molecule has 3 aromatic rings. The van der Waals surface area contributed by atoms with Crippen molar-refractivity contribution in [2.45, 2.75) is 17.9 Å². The minimum Gasteiger partial charge on any atom is -0.368 e. The fourth-order valence-electron chi connectivity index (χ4n) is 2.02. The van der Waals surface area contributed by atoms with E-state index in [-0.39, 0.29) is 5.95 Å². The molecule has 5 nitrogen and oxygen atoms in total. The van der Waals surface area contributed by atoms with Crippen LogP contribution in [0.1, 0.15) is 12.0 Å².